The number of rotatable bonds is 8. The number of methoxy groups -OCH3 is 1. The van der Waals surface area contributed by atoms with Crippen molar-refractivity contribution in [3.05, 3.63) is 35.4 Å². The monoisotopic (exact) mass is 279 g/mol. The first kappa shape index (κ1) is 16.7. The molecule has 0 aliphatic heterocycles. The van der Waals surface area contributed by atoms with E-state index in [2.05, 4.69) is 31.3 Å². The summed E-state index contributed by atoms with van der Waals surface area (Å²) < 4.78 is 4.80. The van der Waals surface area contributed by atoms with Gasteiger partial charge in [-0.2, -0.15) is 0 Å². The van der Waals surface area contributed by atoms with E-state index in [0.29, 0.717) is 12.3 Å². The van der Waals surface area contributed by atoms with Crippen molar-refractivity contribution in [2.45, 2.75) is 32.8 Å². The minimum atomic E-state index is -0.655. The molecule has 112 valence electrons. The molecule has 1 rings (SSSR count). The quantitative estimate of drug-likeness (QED) is 0.759. The molecule has 0 aliphatic rings. The van der Waals surface area contributed by atoms with Crippen LogP contribution in [0.25, 0.3) is 0 Å². The van der Waals surface area contributed by atoms with Gasteiger partial charge in [0.25, 0.3) is 0 Å². The molecule has 2 N–H and O–H groups in total. The summed E-state index contributed by atoms with van der Waals surface area (Å²) in [5, 5.41) is 12.1. The third-order valence-electron chi connectivity index (χ3n) is 2.93. The summed E-state index contributed by atoms with van der Waals surface area (Å²) in [7, 11) is 1.52. The molecule has 1 aromatic carbocycles. The number of amides is 1. The van der Waals surface area contributed by atoms with Gasteiger partial charge >= 0.3 is 0 Å². The maximum absolute atomic E-state index is 11.7. The van der Waals surface area contributed by atoms with Gasteiger partial charge in [-0.25, -0.2) is 0 Å². The average Bonchev–Trinajstić information content (AvgIpc) is 2.38. The van der Waals surface area contributed by atoms with Crippen LogP contribution in [0.4, 0.5) is 0 Å². The van der Waals surface area contributed by atoms with Crippen molar-refractivity contribution in [1.29, 1.82) is 0 Å². The second-order valence-electron chi connectivity index (χ2n) is 5.50. The van der Waals surface area contributed by atoms with Crippen LogP contribution in [0.3, 0.4) is 0 Å². The van der Waals surface area contributed by atoms with Gasteiger partial charge in [0.1, 0.15) is 0 Å². The lowest BCUT2D eigenvalue weighted by Gasteiger charge is -2.11. The maximum Gasteiger partial charge on any atom is 0.224 e. The molecule has 0 spiro atoms. The molecular formula is C16H25NO3. The lowest BCUT2D eigenvalue weighted by atomic mass is 10.0. The molecule has 1 aromatic rings. The molecule has 1 amide bonds. The first-order valence-corrected chi connectivity index (χ1v) is 7.02. The number of aliphatic hydroxyl groups is 1. The van der Waals surface area contributed by atoms with E-state index < -0.39 is 6.10 Å². The van der Waals surface area contributed by atoms with Crippen LogP contribution in [0.2, 0.25) is 0 Å². The third-order valence-corrected chi connectivity index (χ3v) is 2.93. The number of aliphatic hydroxyl groups excluding tert-OH is 1. The number of carbonyl (C=O) groups excluding carboxylic acids is 1. The average molecular weight is 279 g/mol. The Labute approximate surface area is 121 Å². The normalized spacial score (nSPS) is 12.4. The summed E-state index contributed by atoms with van der Waals surface area (Å²) in [5.41, 5.74) is 2.27. The standard InChI is InChI=1S/C16H25NO3/c1-12(2)8-13-4-6-14(7-5-13)9-16(19)17-10-15(18)11-20-3/h4-7,12,15,18H,8-11H2,1-3H3,(H,17,19). The van der Waals surface area contributed by atoms with Gasteiger partial charge in [0.05, 0.1) is 19.1 Å². The molecule has 0 aromatic heterocycles. The van der Waals surface area contributed by atoms with Gasteiger partial charge in [0.2, 0.25) is 5.91 Å². The summed E-state index contributed by atoms with van der Waals surface area (Å²) in [6.45, 7) is 4.82. The zero-order valence-corrected chi connectivity index (χ0v) is 12.6. The number of hydrogen-bond acceptors (Lipinski definition) is 3. The molecule has 4 heteroatoms. The van der Waals surface area contributed by atoms with Crippen LogP contribution in [0, 0.1) is 5.92 Å². The SMILES string of the molecule is COCC(O)CNC(=O)Cc1ccc(CC(C)C)cc1. The van der Waals surface area contributed by atoms with Crippen molar-refractivity contribution in [3.8, 4) is 0 Å². The molecule has 0 fully saturated rings. The highest BCUT2D eigenvalue weighted by Crippen LogP contribution is 2.10. The topological polar surface area (TPSA) is 58.6 Å². The van der Waals surface area contributed by atoms with E-state index in [1.165, 1.54) is 12.7 Å². The summed E-state index contributed by atoms with van der Waals surface area (Å²) in [6.07, 6.45) is 0.731. The van der Waals surface area contributed by atoms with E-state index in [-0.39, 0.29) is 19.1 Å². The molecule has 4 nitrogen and oxygen atoms in total. The zero-order chi connectivity index (χ0) is 15.0. The van der Waals surface area contributed by atoms with Gasteiger partial charge in [-0.3, -0.25) is 4.79 Å². The van der Waals surface area contributed by atoms with Crippen LogP contribution >= 0.6 is 0 Å². The molecule has 0 saturated carbocycles. The zero-order valence-electron chi connectivity index (χ0n) is 12.6. The molecule has 20 heavy (non-hydrogen) atoms. The van der Waals surface area contributed by atoms with Crippen molar-refractivity contribution in [2.24, 2.45) is 5.92 Å². The highest BCUT2D eigenvalue weighted by atomic mass is 16.5. The second-order valence-corrected chi connectivity index (χ2v) is 5.50. The predicted octanol–water partition coefficient (Wildman–Crippen LogP) is 1.55. The molecule has 0 bridgehead atoms. The summed E-state index contributed by atoms with van der Waals surface area (Å²) >= 11 is 0. The Morgan fingerprint density at radius 1 is 1.25 bits per heavy atom. The van der Waals surface area contributed by atoms with Gasteiger partial charge in [-0.15, -0.1) is 0 Å². The minimum Gasteiger partial charge on any atom is -0.389 e. The first-order chi connectivity index (χ1) is 9.51. The summed E-state index contributed by atoms with van der Waals surface area (Å²) in [4.78, 5) is 11.7. The smallest absolute Gasteiger partial charge is 0.224 e. The van der Waals surface area contributed by atoms with Crippen molar-refractivity contribution in [3.63, 3.8) is 0 Å². The van der Waals surface area contributed by atoms with Gasteiger partial charge in [-0.05, 0) is 23.5 Å². The molecular weight excluding hydrogens is 254 g/mol. The fourth-order valence-electron chi connectivity index (χ4n) is 2.00. The highest BCUT2D eigenvalue weighted by Gasteiger charge is 2.07. The highest BCUT2D eigenvalue weighted by molar-refractivity contribution is 5.78. The maximum atomic E-state index is 11.7. The second kappa shape index (κ2) is 8.72. The Morgan fingerprint density at radius 3 is 2.40 bits per heavy atom. The van der Waals surface area contributed by atoms with E-state index in [4.69, 9.17) is 4.74 Å². The van der Waals surface area contributed by atoms with Gasteiger partial charge < -0.3 is 15.2 Å². The lowest BCUT2D eigenvalue weighted by molar-refractivity contribution is -0.121. The molecule has 1 unspecified atom stereocenters. The number of carbonyl (C=O) groups is 1. The lowest BCUT2D eigenvalue weighted by Crippen LogP contribution is -2.35. The Hall–Kier alpha value is -1.39. The van der Waals surface area contributed by atoms with Crippen LogP contribution in [0.5, 0.6) is 0 Å². The van der Waals surface area contributed by atoms with E-state index in [1.807, 2.05) is 12.1 Å². The van der Waals surface area contributed by atoms with E-state index in [9.17, 15) is 9.90 Å². The third kappa shape index (κ3) is 6.68. The van der Waals surface area contributed by atoms with Gasteiger partial charge in [0.15, 0.2) is 0 Å². The van der Waals surface area contributed by atoms with Gasteiger partial charge in [-0.1, -0.05) is 38.1 Å². The largest absolute Gasteiger partial charge is 0.389 e. The van der Waals surface area contributed by atoms with E-state index >= 15 is 0 Å². The molecule has 1 atom stereocenters. The van der Waals surface area contributed by atoms with Crippen molar-refractivity contribution >= 4 is 5.91 Å². The predicted molar refractivity (Wildman–Crippen MR) is 79.6 cm³/mol. The van der Waals surface area contributed by atoms with Gasteiger partial charge in [0, 0.05) is 13.7 Å². The van der Waals surface area contributed by atoms with Crippen LogP contribution in [0.15, 0.2) is 24.3 Å². The number of ether oxygens (including phenoxy) is 1. The Kier molecular flexibility index (Phi) is 7.26. The van der Waals surface area contributed by atoms with Crippen molar-refractivity contribution in [1.82, 2.24) is 5.32 Å². The summed E-state index contributed by atoms with van der Waals surface area (Å²) in [6, 6.07) is 8.12. The Morgan fingerprint density at radius 2 is 1.85 bits per heavy atom. The fraction of sp³-hybridized carbons (Fsp3) is 0.562. The number of nitrogens with one attached hydrogen (secondary N) is 1. The number of hydrogen-bond donors (Lipinski definition) is 2. The van der Waals surface area contributed by atoms with Crippen molar-refractivity contribution < 1.29 is 14.6 Å². The molecule has 0 heterocycles. The van der Waals surface area contributed by atoms with Crippen molar-refractivity contribution in [2.75, 3.05) is 20.3 Å². The molecule has 0 aliphatic carbocycles. The Balaban J connectivity index is 2.38. The Bertz CT molecular complexity index is 401. The summed E-state index contributed by atoms with van der Waals surface area (Å²) in [5.74, 6) is 0.545. The van der Waals surface area contributed by atoms with Crippen LogP contribution in [-0.2, 0) is 22.4 Å². The van der Waals surface area contributed by atoms with E-state index in [0.717, 1.165) is 12.0 Å². The first-order valence-electron chi connectivity index (χ1n) is 7.02. The minimum absolute atomic E-state index is 0.0863. The van der Waals surface area contributed by atoms with Crippen LogP contribution < -0.4 is 5.32 Å². The number of benzene rings is 1. The van der Waals surface area contributed by atoms with E-state index in [1.54, 1.807) is 0 Å². The fourth-order valence-corrected chi connectivity index (χ4v) is 2.00. The van der Waals surface area contributed by atoms with Crippen LogP contribution in [-0.4, -0.2) is 37.4 Å². The molecule has 0 radical (unpaired) electrons. The molecule has 0 saturated heterocycles. The van der Waals surface area contributed by atoms with Crippen LogP contribution in [0.1, 0.15) is 25.0 Å².